The van der Waals surface area contributed by atoms with Crippen LogP contribution in [0, 0.1) is 0 Å². The zero-order chi connectivity index (χ0) is 14.1. The van der Waals surface area contributed by atoms with Crippen molar-refractivity contribution in [3.8, 4) is 0 Å². The van der Waals surface area contributed by atoms with Gasteiger partial charge in [0.25, 0.3) is 0 Å². The number of benzene rings is 1. The van der Waals surface area contributed by atoms with Gasteiger partial charge in [0.1, 0.15) is 0 Å². The smallest absolute Gasteiger partial charge is 0.0548 e. The first-order valence-electron chi connectivity index (χ1n) is 7.32. The fourth-order valence-corrected chi connectivity index (χ4v) is 4.03. The average molecular weight is 359 g/mol. The first-order valence-corrected chi connectivity index (χ1v) is 8.49. The van der Waals surface area contributed by atoms with Crippen molar-refractivity contribution in [3.05, 3.63) is 33.3 Å². The zero-order valence-electron chi connectivity index (χ0n) is 11.6. The predicted octanol–water partition coefficient (Wildman–Crippen LogP) is 2.88. The van der Waals surface area contributed by atoms with E-state index in [0.29, 0.717) is 12.6 Å². The molecule has 2 atom stereocenters. The summed E-state index contributed by atoms with van der Waals surface area (Å²) >= 11 is 9.60. The van der Waals surface area contributed by atoms with Crippen LogP contribution in [0.15, 0.2) is 22.7 Å². The van der Waals surface area contributed by atoms with Crippen molar-refractivity contribution in [2.75, 3.05) is 32.7 Å². The lowest BCUT2D eigenvalue weighted by molar-refractivity contribution is 0.0737. The number of hydrogen-bond acceptors (Lipinski definition) is 3. The van der Waals surface area contributed by atoms with Gasteiger partial charge in [-0.2, -0.15) is 0 Å². The Morgan fingerprint density at radius 1 is 1.35 bits per heavy atom. The first kappa shape index (κ1) is 14.8. The van der Waals surface area contributed by atoms with Gasteiger partial charge in [-0.1, -0.05) is 17.7 Å². The van der Waals surface area contributed by atoms with Gasteiger partial charge < -0.3 is 5.73 Å². The number of fused-ring (bicyclic) bond motifs is 1. The van der Waals surface area contributed by atoms with Gasteiger partial charge in [-0.15, -0.1) is 0 Å². The van der Waals surface area contributed by atoms with Crippen LogP contribution in [0.3, 0.4) is 0 Å². The summed E-state index contributed by atoms with van der Waals surface area (Å²) in [6.07, 6.45) is 2.68. The Kier molecular flexibility index (Phi) is 4.68. The quantitative estimate of drug-likeness (QED) is 0.902. The van der Waals surface area contributed by atoms with Gasteiger partial charge in [0.15, 0.2) is 0 Å². The summed E-state index contributed by atoms with van der Waals surface area (Å²) in [7, 11) is 0. The number of halogens is 2. The van der Waals surface area contributed by atoms with E-state index in [-0.39, 0.29) is 0 Å². The third-order valence-electron chi connectivity index (χ3n) is 4.61. The molecule has 3 rings (SSSR count). The summed E-state index contributed by atoms with van der Waals surface area (Å²) in [5, 5.41) is 0.755. The molecule has 1 aromatic carbocycles. The fourth-order valence-electron chi connectivity index (χ4n) is 3.51. The minimum Gasteiger partial charge on any atom is -0.329 e. The summed E-state index contributed by atoms with van der Waals surface area (Å²) in [5.74, 6) is 0. The Balaban J connectivity index is 1.77. The minimum atomic E-state index is 0.298. The van der Waals surface area contributed by atoms with Crippen molar-refractivity contribution in [1.29, 1.82) is 0 Å². The predicted molar refractivity (Wildman–Crippen MR) is 87.1 cm³/mol. The van der Waals surface area contributed by atoms with E-state index in [1.165, 1.54) is 31.5 Å². The van der Waals surface area contributed by atoms with Gasteiger partial charge in [-0.3, -0.25) is 9.80 Å². The molecule has 110 valence electrons. The highest BCUT2D eigenvalue weighted by molar-refractivity contribution is 9.10. The molecule has 2 heterocycles. The number of hydrogen-bond donors (Lipinski definition) is 1. The van der Waals surface area contributed by atoms with Crippen LogP contribution in [0.5, 0.6) is 0 Å². The summed E-state index contributed by atoms with van der Waals surface area (Å²) in [5.41, 5.74) is 7.32. The SMILES string of the molecule is NCC(c1ccc(Cl)c(Br)c1)N1CCN2CCCC2C1. The number of piperazine rings is 1. The lowest BCUT2D eigenvalue weighted by Gasteiger charge is -2.41. The standard InChI is InChI=1S/C15H21BrClN3/c16-13-8-11(3-4-14(13)17)15(9-18)20-7-6-19-5-1-2-12(19)10-20/h3-4,8,12,15H,1-2,5-7,9-10,18H2. The van der Waals surface area contributed by atoms with Crippen molar-refractivity contribution in [3.63, 3.8) is 0 Å². The van der Waals surface area contributed by atoms with Crippen molar-refractivity contribution < 1.29 is 0 Å². The number of nitrogens with two attached hydrogens (primary N) is 1. The second-order valence-corrected chi connectivity index (χ2v) is 7.01. The van der Waals surface area contributed by atoms with Gasteiger partial charge in [-0.05, 0) is 53.0 Å². The molecule has 1 aromatic rings. The summed E-state index contributed by atoms with van der Waals surface area (Å²) in [4.78, 5) is 5.17. The van der Waals surface area contributed by atoms with E-state index in [1.807, 2.05) is 6.07 Å². The van der Waals surface area contributed by atoms with Crippen molar-refractivity contribution >= 4 is 27.5 Å². The van der Waals surface area contributed by atoms with Gasteiger partial charge >= 0.3 is 0 Å². The minimum absolute atomic E-state index is 0.298. The number of nitrogens with zero attached hydrogens (tertiary/aromatic N) is 2. The molecule has 2 aliphatic heterocycles. The fraction of sp³-hybridized carbons (Fsp3) is 0.600. The highest BCUT2D eigenvalue weighted by Gasteiger charge is 2.33. The van der Waals surface area contributed by atoms with Gasteiger partial charge in [0, 0.05) is 42.7 Å². The second kappa shape index (κ2) is 6.32. The molecule has 0 aliphatic carbocycles. The van der Waals surface area contributed by atoms with Crippen LogP contribution in [-0.4, -0.2) is 48.6 Å². The molecule has 2 fully saturated rings. The molecule has 0 spiro atoms. The lowest BCUT2D eigenvalue weighted by atomic mass is 10.0. The van der Waals surface area contributed by atoms with Gasteiger partial charge in [0.2, 0.25) is 0 Å². The third kappa shape index (κ3) is 2.90. The molecule has 2 aliphatic rings. The lowest BCUT2D eigenvalue weighted by Crippen LogP contribution is -2.52. The van der Waals surface area contributed by atoms with E-state index in [4.69, 9.17) is 17.3 Å². The van der Waals surface area contributed by atoms with E-state index in [9.17, 15) is 0 Å². The molecule has 20 heavy (non-hydrogen) atoms. The molecule has 0 radical (unpaired) electrons. The Labute approximate surface area is 134 Å². The molecule has 0 bridgehead atoms. The Morgan fingerprint density at radius 2 is 2.20 bits per heavy atom. The van der Waals surface area contributed by atoms with E-state index in [1.54, 1.807) is 0 Å². The van der Waals surface area contributed by atoms with E-state index in [0.717, 1.165) is 28.6 Å². The van der Waals surface area contributed by atoms with Crippen LogP contribution in [0.25, 0.3) is 0 Å². The molecular formula is C15H21BrClN3. The normalized spacial score (nSPS) is 25.6. The third-order valence-corrected chi connectivity index (χ3v) is 5.83. The summed E-state index contributed by atoms with van der Waals surface area (Å²) in [6.45, 7) is 5.36. The second-order valence-electron chi connectivity index (χ2n) is 5.75. The maximum Gasteiger partial charge on any atom is 0.0548 e. The monoisotopic (exact) mass is 357 g/mol. The molecule has 3 nitrogen and oxygen atoms in total. The summed E-state index contributed by atoms with van der Waals surface area (Å²) in [6, 6.07) is 7.20. The molecule has 2 N–H and O–H groups in total. The Morgan fingerprint density at radius 3 is 2.95 bits per heavy atom. The maximum absolute atomic E-state index is 6.09. The van der Waals surface area contributed by atoms with Gasteiger partial charge in [0.05, 0.1) is 5.02 Å². The van der Waals surface area contributed by atoms with Crippen LogP contribution in [0.4, 0.5) is 0 Å². The molecular weight excluding hydrogens is 338 g/mol. The first-order chi connectivity index (χ1) is 9.69. The zero-order valence-corrected chi connectivity index (χ0v) is 13.9. The highest BCUT2D eigenvalue weighted by Crippen LogP contribution is 2.31. The Bertz CT molecular complexity index is 482. The maximum atomic E-state index is 6.09. The van der Waals surface area contributed by atoms with Crippen molar-refractivity contribution in [1.82, 2.24) is 9.80 Å². The van der Waals surface area contributed by atoms with Crippen molar-refractivity contribution in [2.24, 2.45) is 5.73 Å². The molecule has 5 heteroatoms. The molecule has 0 aromatic heterocycles. The van der Waals surface area contributed by atoms with Crippen LogP contribution < -0.4 is 5.73 Å². The van der Waals surface area contributed by atoms with Crippen molar-refractivity contribution in [2.45, 2.75) is 24.9 Å². The number of rotatable bonds is 3. The van der Waals surface area contributed by atoms with E-state index >= 15 is 0 Å². The largest absolute Gasteiger partial charge is 0.329 e. The van der Waals surface area contributed by atoms with Gasteiger partial charge in [-0.25, -0.2) is 0 Å². The highest BCUT2D eigenvalue weighted by atomic mass is 79.9. The van der Waals surface area contributed by atoms with E-state index < -0.39 is 0 Å². The Hall–Kier alpha value is -0.130. The molecule has 2 unspecified atom stereocenters. The van der Waals surface area contributed by atoms with E-state index in [2.05, 4.69) is 37.9 Å². The molecule has 0 saturated carbocycles. The van der Waals surface area contributed by atoms with Crippen LogP contribution in [0.1, 0.15) is 24.4 Å². The topological polar surface area (TPSA) is 32.5 Å². The van der Waals surface area contributed by atoms with Crippen LogP contribution in [0.2, 0.25) is 5.02 Å². The summed E-state index contributed by atoms with van der Waals surface area (Å²) < 4.78 is 0.953. The van der Waals surface area contributed by atoms with Crippen LogP contribution in [-0.2, 0) is 0 Å². The average Bonchev–Trinajstić information content (AvgIpc) is 2.91. The molecule has 2 saturated heterocycles. The van der Waals surface area contributed by atoms with Crippen LogP contribution >= 0.6 is 27.5 Å². The molecule has 0 amide bonds.